The van der Waals surface area contributed by atoms with E-state index >= 15 is 0 Å². The van der Waals surface area contributed by atoms with E-state index in [9.17, 15) is 4.79 Å². The monoisotopic (exact) mass is 222 g/mol. The zero-order valence-electron chi connectivity index (χ0n) is 10.8. The molecule has 0 amide bonds. The Balaban J connectivity index is 4.38. The summed E-state index contributed by atoms with van der Waals surface area (Å²) in [5, 5.41) is 0. The van der Waals surface area contributed by atoms with Crippen LogP contribution in [0.5, 0.6) is 0 Å². The van der Waals surface area contributed by atoms with Gasteiger partial charge in [0.2, 0.25) is 0 Å². The summed E-state index contributed by atoms with van der Waals surface area (Å²) in [5.41, 5.74) is 0.792. The third-order valence-electron chi connectivity index (χ3n) is 1.86. The molecule has 2 heteroatoms. The highest BCUT2D eigenvalue weighted by Gasteiger charge is 2.12. The molecule has 0 aromatic heterocycles. The average Bonchev–Trinajstić information content (AvgIpc) is 2.13. The fraction of sp³-hybridized carbons (Fsp3) is 0.643. The van der Waals surface area contributed by atoms with Crippen molar-refractivity contribution in [3.63, 3.8) is 0 Å². The Bertz CT molecular complexity index is 292. The van der Waals surface area contributed by atoms with Crippen molar-refractivity contribution >= 4 is 5.97 Å². The Kier molecular flexibility index (Phi) is 7.37. The zero-order valence-corrected chi connectivity index (χ0v) is 10.8. The molecule has 0 heterocycles. The van der Waals surface area contributed by atoms with Crippen LogP contribution in [0.2, 0.25) is 0 Å². The van der Waals surface area contributed by atoms with E-state index in [0.717, 1.165) is 18.4 Å². The summed E-state index contributed by atoms with van der Waals surface area (Å²) in [6.07, 6.45) is 1.75. The summed E-state index contributed by atoms with van der Waals surface area (Å²) in [6.45, 7) is 11.7. The predicted molar refractivity (Wildman–Crippen MR) is 66.8 cm³/mol. The van der Waals surface area contributed by atoms with Gasteiger partial charge in [-0.05, 0) is 31.3 Å². The van der Waals surface area contributed by atoms with E-state index in [4.69, 9.17) is 4.74 Å². The maximum Gasteiger partial charge on any atom is 0.307 e. The van der Waals surface area contributed by atoms with E-state index in [0.29, 0.717) is 12.3 Å². The van der Waals surface area contributed by atoms with Gasteiger partial charge >= 0.3 is 5.97 Å². The molecule has 16 heavy (non-hydrogen) atoms. The van der Waals surface area contributed by atoms with Crippen molar-refractivity contribution in [3.8, 4) is 11.8 Å². The Labute approximate surface area is 99.1 Å². The second-order valence-corrected chi connectivity index (χ2v) is 4.41. The fourth-order valence-electron chi connectivity index (χ4n) is 1.19. The van der Waals surface area contributed by atoms with Gasteiger partial charge in [0.1, 0.15) is 0 Å². The lowest BCUT2D eigenvalue weighted by Crippen LogP contribution is -2.18. The normalized spacial score (nSPS) is 11.6. The summed E-state index contributed by atoms with van der Waals surface area (Å²) in [7, 11) is 0. The number of carbonyl (C=O) groups excluding carboxylic acids is 1. The van der Waals surface area contributed by atoms with Crippen LogP contribution in [0, 0.1) is 17.8 Å². The van der Waals surface area contributed by atoms with Gasteiger partial charge in [0, 0.05) is 6.42 Å². The van der Waals surface area contributed by atoms with Gasteiger partial charge in [-0.3, -0.25) is 4.79 Å². The molecular weight excluding hydrogens is 200 g/mol. The molecule has 0 saturated heterocycles. The summed E-state index contributed by atoms with van der Waals surface area (Å²) in [5.74, 6) is 6.12. The van der Waals surface area contributed by atoms with E-state index in [1.807, 2.05) is 13.8 Å². The largest absolute Gasteiger partial charge is 0.449 e. The molecule has 0 aliphatic rings. The van der Waals surface area contributed by atoms with Crippen LogP contribution in [-0.2, 0) is 9.53 Å². The minimum Gasteiger partial charge on any atom is -0.449 e. The molecule has 0 radical (unpaired) electrons. The number of allylic oxidation sites excluding steroid dienone is 1. The number of ether oxygens (including phenoxy) is 1. The van der Waals surface area contributed by atoms with Gasteiger partial charge in [-0.15, -0.1) is 0 Å². The van der Waals surface area contributed by atoms with Crippen molar-refractivity contribution < 1.29 is 9.53 Å². The van der Waals surface area contributed by atoms with Gasteiger partial charge < -0.3 is 4.74 Å². The minimum absolute atomic E-state index is 0.163. The molecule has 0 bridgehead atoms. The number of hydrogen-bond acceptors (Lipinski definition) is 2. The van der Waals surface area contributed by atoms with Crippen molar-refractivity contribution in [2.24, 2.45) is 5.92 Å². The molecule has 0 fully saturated rings. The van der Waals surface area contributed by atoms with Crippen molar-refractivity contribution in [3.05, 3.63) is 12.2 Å². The second kappa shape index (κ2) is 7.98. The van der Waals surface area contributed by atoms with Crippen molar-refractivity contribution in [1.82, 2.24) is 0 Å². The molecule has 2 nitrogen and oxygen atoms in total. The quantitative estimate of drug-likeness (QED) is 0.527. The standard InChI is InChI=1S/C14H22O2/c1-6-7-14(15)16-13(10-12(4)5)9-8-11(2)3/h12-13H,2,6-7,10H2,1,3-5H3. The van der Waals surface area contributed by atoms with Gasteiger partial charge in [-0.2, -0.15) is 0 Å². The highest BCUT2D eigenvalue weighted by Crippen LogP contribution is 2.09. The van der Waals surface area contributed by atoms with Gasteiger partial charge in [0.25, 0.3) is 0 Å². The maximum absolute atomic E-state index is 11.4. The van der Waals surface area contributed by atoms with E-state index in [-0.39, 0.29) is 12.1 Å². The van der Waals surface area contributed by atoms with Crippen LogP contribution >= 0.6 is 0 Å². The van der Waals surface area contributed by atoms with E-state index in [1.54, 1.807) is 0 Å². The fourth-order valence-corrected chi connectivity index (χ4v) is 1.19. The van der Waals surface area contributed by atoms with E-state index < -0.39 is 0 Å². The molecule has 1 unspecified atom stereocenters. The zero-order chi connectivity index (χ0) is 12.6. The molecule has 0 aromatic rings. The Morgan fingerprint density at radius 1 is 1.44 bits per heavy atom. The number of rotatable bonds is 5. The highest BCUT2D eigenvalue weighted by atomic mass is 16.5. The predicted octanol–water partition coefficient (Wildman–Crippen LogP) is 3.32. The number of carbonyl (C=O) groups is 1. The summed E-state index contributed by atoms with van der Waals surface area (Å²) in [4.78, 5) is 11.4. The van der Waals surface area contributed by atoms with Crippen LogP contribution in [0.4, 0.5) is 0 Å². The first kappa shape index (κ1) is 14.8. The topological polar surface area (TPSA) is 26.3 Å². The van der Waals surface area contributed by atoms with Crippen LogP contribution < -0.4 is 0 Å². The maximum atomic E-state index is 11.4. The molecule has 90 valence electrons. The Hall–Kier alpha value is -1.23. The Morgan fingerprint density at radius 2 is 2.06 bits per heavy atom. The second-order valence-electron chi connectivity index (χ2n) is 4.41. The van der Waals surface area contributed by atoms with Gasteiger partial charge in [0.15, 0.2) is 6.10 Å². The van der Waals surface area contributed by atoms with Crippen LogP contribution in [0.3, 0.4) is 0 Å². The smallest absolute Gasteiger partial charge is 0.307 e. The van der Waals surface area contributed by atoms with Gasteiger partial charge in [0.05, 0.1) is 0 Å². The number of esters is 1. The molecule has 0 aromatic carbocycles. The van der Waals surface area contributed by atoms with Crippen LogP contribution in [-0.4, -0.2) is 12.1 Å². The molecule has 0 saturated carbocycles. The Morgan fingerprint density at radius 3 is 2.50 bits per heavy atom. The summed E-state index contributed by atoms with van der Waals surface area (Å²) < 4.78 is 5.30. The van der Waals surface area contributed by atoms with Gasteiger partial charge in [-0.1, -0.05) is 39.2 Å². The molecule has 0 aliphatic heterocycles. The van der Waals surface area contributed by atoms with Gasteiger partial charge in [-0.25, -0.2) is 0 Å². The molecule has 0 spiro atoms. The van der Waals surface area contributed by atoms with Crippen molar-refractivity contribution in [1.29, 1.82) is 0 Å². The van der Waals surface area contributed by atoms with E-state index in [2.05, 4.69) is 32.3 Å². The van der Waals surface area contributed by atoms with Crippen molar-refractivity contribution in [2.45, 2.75) is 53.1 Å². The first-order valence-corrected chi connectivity index (χ1v) is 5.82. The highest BCUT2D eigenvalue weighted by molar-refractivity contribution is 5.69. The molecule has 0 N–H and O–H groups in total. The first-order chi connectivity index (χ1) is 7.45. The van der Waals surface area contributed by atoms with Crippen LogP contribution in [0.1, 0.15) is 47.0 Å². The third-order valence-corrected chi connectivity index (χ3v) is 1.86. The SMILES string of the molecule is C=C(C)C#CC(CC(C)C)OC(=O)CCC. The first-order valence-electron chi connectivity index (χ1n) is 5.82. The molecule has 0 rings (SSSR count). The minimum atomic E-state index is -0.296. The third kappa shape index (κ3) is 8.11. The molecule has 1 atom stereocenters. The summed E-state index contributed by atoms with van der Waals surface area (Å²) in [6, 6.07) is 0. The van der Waals surface area contributed by atoms with E-state index in [1.165, 1.54) is 0 Å². The van der Waals surface area contributed by atoms with Crippen LogP contribution in [0.15, 0.2) is 12.2 Å². The molecule has 0 aliphatic carbocycles. The summed E-state index contributed by atoms with van der Waals surface area (Å²) >= 11 is 0. The van der Waals surface area contributed by atoms with Crippen molar-refractivity contribution in [2.75, 3.05) is 0 Å². The number of hydrogen-bond donors (Lipinski definition) is 0. The lowest BCUT2D eigenvalue weighted by Gasteiger charge is -2.14. The molecular formula is C14H22O2. The average molecular weight is 222 g/mol. The van der Waals surface area contributed by atoms with Crippen LogP contribution in [0.25, 0.3) is 0 Å². The lowest BCUT2D eigenvalue weighted by molar-refractivity contribution is -0.147. The lowest BCUT2D eigenvalue weighted by atomic mass is 10.1.